The Morgan fingerprint density at radius 3 is 2.44 bits per heavy atom. The summed E-state index contributed by atoms with van der Waals surface area (Å²) in [5, 5.41) is 3.89. The molecule has 9 heteroatoms. The van der Waals surface area contributed by atoms with Crippen LogP contribution in [-0.4, -0.2) is 30.9 Å². The van der Waals surface area contributed by atoms with Crippen LogP contribution in [0.25, 0.3) is 5.57 Å². The first-order valence-corrected chi connectivity index (χ1v) is 11.8. The van der Waals surface area contributed by atoms with Gasteiger partial charge in [-0.2, -0.15) is 0 Å². The molecule has 0 saturated heterocycles. The Labute approximate surface area is 218 Å². The topological polar surface area (TPSA) is 102 Å². The molecular formula is C27H23Cl2N3O4. The van der Waals surface area contributed by atoms with Crippen LogP contribution < -0.4 is 16.0 Å². The van der Waals surface area contributed by atoms with Gasteiger partial charge in [-0.1, -0.05) is 53.5 Å². The second-order valence-electron chi connectivity index (χ2n) is 8.28. The van der Waals surface area contributed by atoms with E-state index in [1.165, 1.54) is 11.0 Å². The van der Waals surface area contributed by atoms with E-state index in [1.54, 1.807) is 43.4 Å². The smallest absolute Gasteiger partial charge is 0.329 e. The lowest BCUT2D eigenvalue weighted by molar-refractivity contribution is -0.145. The highest BCUT2D eigenvalue weighted by Gasteiger charge is 2.31. The zero-order chi connectivity index (χ0) is 25.8. The number of carbonyl (C=O) groups is 3. The van der Waals surface area contributed by atoms with E-state index in [0.29, 0.717) is 38.1 Å². The van der Waals surface area contributed by atoms with Crippen LogP contribution in [0.2, 0.25) is 10.0 Å². The van der Waals surface area contributed by atoms with Crippen molar-refractivity contribution in [2.24, 2.45) is 5.73 Å². The lowest BCUT2D eigenvalue weighted by Crippen LogP contribution is -2.35. The predicted molar refractivity (Wildman–Crippen MR) is 141 cm³/mol. The van der Waals surface area contributed by atoms with Gasteiger partial charge in [0.05, 0.1) is 5.02 Å². The highest BCUT2D eigenvalue weighted by molar-refractivity contribution is 6.36. The second kappa shape index (κ2) is 10.8. The minimum absolute atomic E-state index is 0.128. The molecule has 3 aromatic carbocycles. The van der Waals surface area contributed by atoms with E-state index in [1.807, 2.05) is 30.3 Å². The van der Waals surface area contributed by atoms with E-state index in [0.717, 1.165) is 5.56 Å². The largest absolute Gasteiger partial charge is 0.459 e. The fraction of sp³-hybridized carbons (Fsp3) is 0.148. The van der Waals surface area contributed by atoms with Crippen LogP contribution in [0.4, 0.5) is 11.4 Å². The maximum absolute atomic E-state index is 13.2. The Morgan fingerprint density at radius 1 is 1.08 bits per heavy atom. The third-order valence-electron chi connectivity index (χ3n) is 5.81. The normalized spacial score (nSPS) is 15.5. The molecule has 0 aromatic heterocycles. The number of nitrogens with one attached hydrogen (secondary N) is 1. The first kappa shape index (κ1) is 25.3. The number of hydrogen-bond acceptors (Lipinski definition) is 5. The van der Waals surface area contributed by atoms with Gasteiger partial charge in [-0.25, -0.2) is 4.79 Å². The van der Waals surface area contributed by atoms with Crippen molar-refractivity contribution in [3.8, 4) is 0 Å². The Kier molecular flexibility index (Phi) is 7.62. The number of benzene rings is 3. The molecule has 3 aromatic rings. The maximum atomic E-state index is 13.2. The van der Waals surface area contributed by atoms with E-state index in [2.05, 4.69) is 5.32 Å². The zero-order valence-corrected chi connectivity index (χ0v) is 20.8. The lowest BCUT2D eigenvalue weighted by Gasteiger charge is -2.29. The van der Waals surface area contributed by atoms with Crippen molar-refractivity contribution in [2.75, 3.05) is 17.3 Å². The molecular weight excluding hydrogens is 501 g/mol. The molecule has 4 rings (SSSR count). The molecule has 0 bridgehead atoms. The summed E-state index contributed by atoms with van der Waals surface area (Å²) in [4.78, 5) is 38.8. The van der Waals surface area contributed by atoms with E-state index in [9.17, 15) is 14.4 Å². The average molecular weight is 524 g/mol. The summed E-state index contributed by atoms with van der Waals surface area (Å²) < 4.78 is 5.52. The van der Waals surface area contributed by atoms with Crippen LogP contribution in [0.3, 0.4) is 0 Å². The minimum atomic E-state index is -0.741. The molecule has 0 aliphatic carbocycles. The summed E-state index contributed by atoms with van der Waals surface area (Å²) in [6.07, 6.45) is 1.63. The summed E-state index contributed by atoms with van der Waals surface area (Å²) in [7, 11) is 1.61. The molecule has 1 unspecified atom stereocenters. The van der Waals surface area contributed by atoms with Gasteiger partial charge in [0.1, 0.15) is 12.6 Å². The molecule has 0 spiro atoms. The van der Waals surface area contributed by atoms with Crippen molar-refractivity contribution >= 4 is 57.9 Å². The minimum Gasteiger partial charge on any atom is -0.459 e. The molecule has 2 amide bonds. The Bertz CT molecular complexity index is 1340. The van der Waals surface area contributed by atoms with Gasteiger partial charge in [0.15, 0.2) is 0 Å². The number of nitrogens with zero attached hydrogens (tertiary/aromatic N) is 1. The summed E-state index contributed by atoms with van der Waals surface area (Å²) >= 11 is 12.7. The number of fused-ring (bicyclic) bond motifs is 1. The molecule has 0 radical (unpaired) electrons. The fourth-order valence-electron chi connectivity index (χ4n) is 3.90. The van der Waals surface area contributed by atoms with Crippen molar-refractivity contribution in [1.82, 2.24) is 0 Å². The number of esters is 1. The fourth-order valence-corrected chi connectivity index (χ4v) is 4.51. The van der Waals surface area contributed by atoms with Crippen LogP contribution in [0.1, 0.15) is 27.9 Å². The van der Waals surface area contributed by atoms with Gasteiger partial charge in [-0.05, 0) is 47.5 Å². The molecule has 36 heavy (non-hydrogen) atoms. The van der Waals surface area contributed by atoms with Gasteiger partial charge in [0.25, 0.3) is 5.91 Å². The lowest BCUT2D eigenvalue weighted by atomic mass is 9.91. The molecule has 7 nitrogen and oxygen atoms in total. The van der Waals surface area contributed by atoms with Gasteiger partial charge in [0, 0.05) is 47.1 Å². The standard InChI is InChI=1S/C27H23Cl2N3O4/c1-32(20-9-7-17(8-10-20)26(30)34)24(33)12-18-11-23(27(35)36-15-16-5-3-2-4-6-16)31-22-14-19(28)13-21(29)25(18)22/h2-10,12-14,23,31H,11,15H2,1H3,(H2,30,34)/b18-12+. The van der Waals surface area contributed by atoms with Gasteiger partial charge in [-0.15, -0.1) is 0 Å². The highest BCUT2D eigenvalue weighted by atomic mass is 35.5. The summed E-state index contributed by atoms with van der Waals surface area (Å²) in [5.41, 5.74) is 8.76. The number of hydrogen-bond donors (Lipinski definition) is 2. The number of carbonyl (C=O) groups excluding carboxylic acids is 3. The van der Waals surface area contributed by atoms with Gasteiger partial charge >= 0.3 is 5.97 Å². The highest BCUT2D eigenvalue weighted by Crippen LogP contribution is 2.41. The Morgan fingerprint density at radius 2 is 1.78 bits per heavy atom. The van der Waals surface area contributed by atoms with Crippen molar-refractivity contribution < 1.29 is 19.1 Å². The molecule has 0 saturated carbocycles. The number of anilines is 2. The van der Waals surface area contributed by atoms with E-state index < -0.39 is 17.9 Å². The number of halogens is 2. The van der Waals surface area contributed by atoms with E-state index in [4.69, 9.17) is 33.7 Å². The summed E-state index contributed by atoms with van der Waals surface area (Å²) in [6, 6.07) is 18.2. The third-order valence-corrected chi connectivity index (χ3v) is 6.32. The van der Waals surface area contributed by atoms with Crippen molar-refractivity contribution in [1.29, 1.82) is 0 Å². The third kappa shape index (κ3) is 5.70. The Balaban J connectivity index is 1.59. The summed E-state index contributed by atoms with van der Waals surface area (Å²) in [5.74, 6) is -1.36. The first-order valence-electron chi connectivity index (χ1n) is 11.1. The molecule has 1 aliphatic rings. The first-order chi connectivity index (χ1) is 17.2. The number of likely N-dealkylation sites (N-methyl/N-ethyl adjacent to an activating group) is 1. The number of rotatable bonds is 6. The SMILES string of the molecule is CN(C(=O)/C=C1\CC(C(=O)OCc2ccccc2)Nc2cc(Cl)cc(Cl)c21)c1ccc(C(N)=O)cc1. The van der Waals surface area contributed by atoms with Crippen molar-refractivity contribution in [3.05, 3.63) is 99.5 Å². The average Bonchev–Trinajstić information content (AvgIpc) is 2.86. The molecule has 1 heterocycles. The van der Waals surface area contributed by atoms with Crippen LogP contribution in [0.5, 0.6) is 0 Å². The van der Waals surface area contributed by atoms with Crippen LogP contribution >= 0.6 is 23.2 Å². The summed E-state index contributed by atoms with van der Waals surface area (Å²) in [6.45, 7) is 0.128. The number of ether oxygens (including phenoxy) is 1. The molecule has 0 fully saturated rings. The quantitative estimate of drug-likeness (QED) is 0.347. The van der Waals surface area contributed by atoms with Crippen LogP contribution in [-0.2, 0) is 20.9 Å². The predicted octanol–water partition coefficient (Wildman–Crippen LogP) is 5.07. The van der Waals surface area contributed by atoms with E-state index in [-0.39, 0.29) is 18.9 Å². The van der Waals surface area contributed by atoms with Crippen LogP contribution in [0.15, 0.2) is 72.8 Å². The second-order valence-corrected chi connectivity index (χ2v) is 9.13. The monoisotopic (exact) mass is 523 g/mol. The van der Waals surface area contributed by atoms with Gasteiger partial charge in [0.2, 0.25) is 5.91 Å². The zero-order valence-electron chi connectivity index (χ0n) is 19.3. The molecule has 1 aliphatic heterocycles. The van der Waals surface area contributed by atoms with E-state index >= 15 is 0 Å². The maximum Gasteiger partial charge on any atom is 0.329 e. The number of nitrogens with two attached hydrogens (primary N) is 1. The van der Waals surface area contributed by atoms with Crippen LogP contribution in [0, 0.1) is 0 Å². The van der Waals surface area contributed by atoms with Gasteiger partial charge < -0.3 is 20.7 Å². The Hall–Kier alpha value is -3.81. The molecule has 3 N–H and O–H groups in total. The molecule has 1 atom stereocenters. The number of primary amides is 1. The van der Waals surface area contributed by atoms with Crippen molar-refractivity contribution in [2.45, 2.75) is 19.1 Å². The van der Waals surface area contributed by atoms with Gasteiger partial charge in [-0.3, -0.25) is 9.59 Å². The number of amides is 2. The molecule has 184 valence electrons. The van der Waals surface area contributed by atoms with Crippen molar-refractivity contribution in [3.63, 3.8) is 0 Å².